The summed E-state index contributed by atoms with van der Waals surface area (Å²) in [6.45, 7) is 0.581. The number of anilines is 1. The molecule has 1 aromatic heterocycles. The van der Waals surface area contributed by atoms with Crippen molar-refractivity contribution < 1.29 is 4.74 Å². The molecule has 0 bridgehead atoms. The standard InChI is InChI=1S/C11H11NOS/c12-10-3-1-2-4-11(10)13-7-9-5-6-14-8-9/h1-6,8H,7,12H2. The van der Waals surface area contributed by atoms with E-state index < -0.39 is 0 Å². The third kappa shape index (κ3) is 2.06. The van der Waals surface area contributed by atoms with E-state index in [1.807, 2.05) is 35.7 Å². The number of benzene rings is 1. The minimum Gasteiger partial charge on any atom is -0.487 e. The van der Waals surface area contributed by atoms with Crippen molar-refractivity contribution >= 4 is 17.0 Å². The van der Waals surface area contributed by atoms with Crippen LogP contribution in [0.3, 0.4) is 0 Å². The van der Waals surface area contributed by atoms with E-state index >= 15 is 0 Å². The molecule has 1 heterocycles. The van der Waals surface area contributed by atoms with E-state index in [9.17, 15) is 0 Å². The zero-order valence-corrected chi connectivity index (χ0v) is 8.46. The number of hydrogen-bond acceptors (Lipinski definition) is 3. The van der Waals surface area contributed by atoms with E-state index in [-0.39, 0.29) is 0 Å². The largest absolute Gasteiger partial charge is 0.487 e. The van der Waals surface area contributed by atoms with Crippen LogP contribution in [0, 0.1) is 0 Å². The highest BCUT2D eigenvalue weighted by atomic mass is 32.1. The molecule has 2 N–H and O–H groups in total. The van der Waals surface area contributed by atoms with E-state index in [0.29, 0.717) is 12.3 Å². The van der Waals surface area contributed by atoms with Crippen LogP contribution >= 0.6 is 11.3 Å². The molecule has 0 saturated carbocycles. The van der Waals surface area contributed by atoms with Crippen molar-refractivity contribution in [3.63, 3.8) is 0 Å². The summed E-state index contributed by atoms with van der Waals surface area (Å²) >= 11 is 1.67. The maximum absolute atomic E-state index is 5.74. The molecule has 3 heteroatoms. The van der Waals surface area contributed by atoms with Gasteiger partial charge in [0, 0.05) is 0 Å². The Morgan fingerprint density at radius 2 is 2.07 bits per heavy atom. The molecule has 0 aliphatic rings. The number of para-hydroxylation sites is 2. The van der Waals surface area contributed by atoms with Crippen molar-refractivity contribution in [3.8, 4) is 5.75 Å². The Bertz CT molecular complexity index is 397. The van der Waals surface area contributed by atoms with Crippen molar-refractivity contribution in [2.24, 2.45) is 0 Å². The lowest BCUT2D eigenvalue weighted by molar-refractivity contribution is 0.308. The third-order valence-corrected chi connectivity index (χ3v) is 2.63. The van der Waals surface area contributed by atoms with Gasteiger partial charge in [-0.1, -0.05) is 12.1 Å². The summed E-state index contributed by atoms with van der Waals surface area (Å²) < 4.78 is 5.56. The Morgan fingerprint density at radius 1 is 1.21 bits per heavy atom. The Labute approximate surface area is 86.9 Å². The van der Waals surface area contributed by atoms with Crippen LogP contribution in [-0.4, -0.2) is 0 Å². The molecule has 2 rings (SSSR count). The summed E-state index contributed by atoms with van der Waals surface area (Å²) in [4.78, 5) is 0. The molecule has 2 nitrogen and oxygen atoms in total. The van der Waals surface area contributed by atoms with Gasteiger partial charge in [-0.05, 0) is 34.5 Å². The highest BCUT2D eigenvalue weighted by molar-refractivity contribution is 7.07. The lowest BCUT2D eigenvalue weighted by Gasteiger charge is -2.06. The van der Waals surface area contributed by atoms with E-state index in [1.165, 1.54) is 5.56 Å². The van der Waals surface area contributed by atoms with E-state index in [2.05, 4.69) is 5.38 Å². The van der Waals surface area contributed by atoms with Gasteiger partial charge in [-0.25, -0.2) is 0 Å². The fourth-order valence-electron chi connectivity index (χ4n) is 1.15. The molecule has 0 fully saturated rings. The van der Waals surface area contributed by atoms with Crippen molar-refractivity contribution in [1.29, 1.82) is 0 Å². The second kappa shape index (κ2) is 4.15. The van der Waals surface area contributed by atoms with Crippen LogP contribution in [0.2, 0.25) is 0 Å². The predicted molar refractivity (Wildman–Crippen MR) is 59.5 cm³/mol. The summed E-state index contributed by atoms with van der Waals surface area (Å²) in [5, 5.41) is 4.10. The first-order valence-electron chi connectivity index (χ1n) is 4.34. The van der Waals surface area contributed by atoms with Gasteiger partial charge >= 0.3 is 0 Å². The Kier molecular flexibility index (Phi) is 2.70. The molecule has 0 saturated heterocycles. The average molecular weight is 205 g/mol. The zero-order valence-electron chi connectivity index (χ0n) is 7.64. The van der Waals surface area contributed by atoms with Crippen molar-refractivity contribution in [2.45, 2.75) is 6.61 Å². The molecule has 1 aromatic carbocycles. The summed E-state index contributed by atoms with van der Waals surface area (Å²) in [6.07, 6.45) is 0. The lowest BCUT2D eigenvalue weighted by atomic mass is 10.3. The van der Waals surface area contributed by atoms with Crippen LogP contribution in [0.4, 0.5) is 5.69 Å². The summed E-state index contributed by atoms with van der Waals surface area (Å²) in [5.41, 5.74) is 7.60. The van der Waals surface area contributed by atoms with E-state index in [4.69, 9.17) is 10.5 Å². The number of thiophene rings is 1. The molecule has 0 radical (unpaired) electrons. The van der Waals surface area contributed by atoms with Crippen molar-refractivity contribution in [1.82, 2.24) is 0 Å². The molecule has 72 valence electrons. The molecule has 0 aliphatic carbocycles. The van der Waals surface area contributed by atoms with Gasteiger partial charge in [0.25, 0.3) is 0 Å². The number of rotatable bonds is 3. The number of nitrogen functional groups attached to an aromatic ring is 1. The maximum Gasteiger partial charge on any atom is 0.142 e. The third-order valence-electron chi connectivity index (χ3n) is 1.89. The predicted octanol–water partition coefficient (Wildman–Crippen LogP) is 2.91. The maximum atomic E-state index is 5.74. The first-order chi connectivity index (χ1) is 6.86. The van der Waals surface area contributed by atoms with Gasteiger partial charge in [-0.2, -0.15) is 11.3 Å². The van der Waals surface area contributed by atoms with Crippen molar-refractivity contribution in [2.75, 3.05) is 5.73 Å². The van der Waals surface area contributed by atoms with Gasteiger partial charge in [0.05, 0.1) is 5.69 Å². The minimum absolute atomic E-state index is 0.581. The number of ether oxygens (including phenoxy) is 1. The van der Waals surface area contributed by atoms with Crippen LogP contribution in [0.15, 0.2) is 41.1 Å². The molecular weight excluding hydrogens is 194 g/mol. The number of hydrogen-bond donors (Lipinski definition) is 1. The van der Waals surface area contributed by atoms with Gasteiger partial charge in [-0.3, -0.25) is 0 Å². The van der Waals surface area contributed by atoms with Crippen LogP contribution in [-0.2, 0) is 6.61 Å². The minimum atomic E-state index is 0.581. The highest BCUT2D eigenvalue weighted by Gasteiger charge is 1.98. The summed E-state index contributed by atoms with van der Waals surface area (Å²) in [7, 11) is 0. The molecule has 0 aliphatic heterocycles. The smallest absolute Gasteiger partial charge is 0.142 e. The van der Waals surface area contributed by atoms with Gasteiger partial charge in [-0.15, -0.1) is 0 Å². The fraction of sp³-hybridized carbons (Fsp3) is 0.0909. The normalized spacial score (nSPS) is 10.0. The molecule has 0 atom stereocenters. The van der Waals surface area contributed by atoms with Gasteiger partial charge < -0.3 is 10.5 Å². The molecule has 0 unspecified atom stereocenters. The SMILES string of the molecule is Nc1ccccc1OCc1ccsc1. The first kappa shape index (κ1) is 9.09. The Hall–Kier alpha value is -1.48. The monoisotopic (exact) mass is 205 g/mol. The van der Waals surface area contributed by atoms with Gasteiger partial charge in [0.2, 0.25) is 0 Å². The fourth-order valence-corrected chi connectivity index (χ4v) is 1.80. The van der Waals surface area contributed by atoms with E-state index in [1.54, 1.807) is 11.3 Å². The van der Waals surface area contributed by atoms with Crippen molar-refractivity contribution in [3.05, 3.63) is 46.7 Å². The zero-order chi connectivity index (χ0) is 9.80. The lowest BCUT2D eigenvalue weighted by Crippen LogP contribution is -1.97. The van der Waals surface area contributed by atoms with Crippen LogP contribution in [0.1, 0.15) is 5.56 Å². The van der Waals surface area contributed by atoms with Gasteiger partial charge in [0.15, 0.2) is 0 Å². The molecule has 14 heavy (non-hydrogen) atoms. The van der Waals surface area contributed by atoms with Crippen LogP contribution < -0.4 is 10.5 Å². The highest BCUT2D eigenvalue weighted by Crippen LogP contribution is 2.21. The second-order valence-electron chi connectivity index (χ2n) is 2.96. The van der Waals surface area contributed by atoms with E-state index in [0.717, 1.165) is 5.75 Å². The molecule has 0 amide bonds. The second-order valence-corrected chi connectivity index (χ2v) is 3.74. The van der Waals surface area contributed by atoms with Crippen LogP contribution in [0.5, 0.6) is 5.75 Å². The molecular formula is C11H11NOS. The van der Waals surface area contributed by atoms with Gasteiger partial charge in [0.1, 0.15) is 12.4 Å². The summed E-state index contributed by atoms with van der Waals surface area (Å²) in [5.74, 6) is 0.749. The Morgan fingerprint density at radius 3 is 2.79 bits per heavy atom. The molecule has 2 aromatic rings. The first-order valence-corrected chi connectivity index (χ1v) is 5.29. The average Bonchev–Trinajstić information content (AvgIpc) is 2.69. The quantitative estimate of drug-likeness (QED) is 0.782. The van der Waals surface area contributed by atoms with Crippen LogP contribution in [0.25, 0.3) is 0 Å². The Balaban J connectivity index is 2.02. The topological polar surface area (TPSA) is 35.2 Å². The summed E-state index contributed by atoms with van der Waals surface area (Å²) in [6, 6.07) is 9.57. The molecule has 0 spiro atoms. The number of nitrogens with two attached hydrogens (primary N) is 1.